The molecule has 4 heteroatoms. The maximum absolute atomic E-state index is 14.2. The molecule has 0 spiro atoms. The van der Waals surface area contributed by atoms with E-state index in [4.69, 9.17) is 0 Å². The summed E-state index contributed by atoms with van der Waals surface area (Å²) in [7, 11) is 0. The van der Waals surface area contributed by atoms with Crippen LogP contribution >= 0.6 is 0 Å². The van der Waals surface area contributed by atoms with E-state index >= 15 is 0 Å². The van der Waals surface area contributed by atoms with Gasteiger partial charge >= 0.3 is 0 Å². The Balaban J connectivity index is 1.54. The Morgan fingerprint density at radius 1 is 1.03 bits per heavy atom. The van der Waals surface area contributed by atoms with Crippen LogP contribution in [0, 0.1) is 0 Å². The van der Waals surface area contributed by atoms with E-state index in [2.05, 4.69) is 48.3 Å². The first-order valence-corrected chi connectivity index (χ1v) is 12.9. The first-order chi connectivity index (χ1) is 16.0. The van der Waals surface area contributed by atoms with Gasteiger partial charge in [-0.2, -0.15) is 0 Å². The minimum atomic E-state index is -1.54. The Labute approximate surface area is 198 Å². The van der Waals surface area contributed by atoms with Crippen molar-refractivity contribution < 1.29 is 14.3 Å². The van der Waals surface area contributed by atoms with E-state index in [0.29, 0.717) is 38.0 Å². The molecule has 1 aromatic heterocycles. The number of aryl methyl sites for hydroxylation is 1. The molecule has 1 heterocycles. The zero-order valence-corrected chi connectivity index (χ0v) is 20.4. The maximum Gasteiger partial charge on any atom is 0.198 e. The second-order valence-corrected chi connectivity index (χ2v) is 9.76. The van der Waals surface area contributed by atoms with Crippen molar-refractivity contribution in [2.75, 3.05) is 0 Å². The van der Waals surface area contributed by atoms with E-state index < -0.39 is 17.6 Å². The van der Waals surface area contributed by atoms with Gasteiger partial charge in [-0.3, -0.25) is 9.78 Å². The number of benzene rings is 1. The molecule has 1 atom stereocenters. The molecule has 1 aromatic carbocycles. The number of unbranched alkanes of at least 4 members (excludes halogenated alkanes) is 4. The molecule has 3 rings (SSSR count). The van der Waals surface area contributed by atoms with Gasteiger partial charge in [0.05, 0.1) is 5.69 Å². The Morgan fingerprint density at radius 3 is 2.33 bits per heavy atom. The molecule has 0 amide bonds. The SMILES string of the molecule is CCCCCCc1ccc(-c2ccc(C3CCC(O)(C(=O)[C@@H](F)CCCC)CC3)cc2)nc1. The van der Waals surface area contributed by atoms with E-state index in [1.807, 2.05) is 13.1 Å². The summed E-state index contributed by atoms with van der Waals surface area (Å²) in [5, 5.41) is 10.8. The van der Waals surface area contributed by atoms with Crippen LogP contribution in [0.2, 0.25) is 0 Å². The fourth-order valence-electron chi connectivity index (χ4n) is 4.91. The van der Waals surface area contributed by atoms with Crippen LogP contribution in [0.1, 0.15) is 102 Å². The number of Topliss-reactive ketones (excluding diaryl/α,β-unsaturated/α-hetero) is 1. The molecular formula is C29H40FNO2. The number of hydrogen-bond acceptors (Lipinski definition) is 3. The lowest BCUT2D eigenvalue weighted by Crippen LogP contribution is -2.46. The highest BCUT2D eigenvalue weighted by Gasteiger charge is 2.43. The first-order valence-electron chi connectivity index (χ1n) is 12.9. The van der Waals surface area contributed by atoms with Gasteiger partial charge in [0.2, 0.25) is 0 Å². The van der Waals surface area contributed by atoms with Crippen molar-refractivity contribution >= 4 is 5.78 Å². The zero-order valence-electron chi connectivity index (χ0n) is 20.4. The molecule has 0 aliphatic heterocycles. The number of aliphatic hydroxyl groups is 1. The fourth-order valence-corrected chi connectivity index (χ4v) is 4.91. The minimum Gasteiger partial charge on any atom is -0.382 e. The van der Waals surface area contributed by atoms with Crippen LogP contribution in [0.5, 0.6) is 0 Å². The highest BCUT2D eigenvalue weighted by Crippen LogP contribution is 2.40. The smallest absolute Gasteiger partial charge is 0.198 e. The molecule has 180 valence electrons. The number of hydrogen-bond donors (Lipinski definition) is 1. The highest BCUT2D eigenvalue weighted by molar-refractivity contribution is 5.91. The second kappa shape index (κ2) is 12.4. The molecule has 0 unspecified atom stereocenters. The number of aromatic nitrogens is 1. The average Bonchev–Trinajstić information content (AvgIpc) is 2.85. The molecule has 2 aromatic rings. The molecule has 0 radical (unpaired) electrons. The van der Waals surface area contributed by atoms with Crippen molar-refractivity contribution in [1.29, 1.82) is 0 Å². The van der Waals surface area contributed by atoms with E-state index in [1.165, 1.54) is 36.8 Å². The van der Waals surface area contributed by atoms with Crippen LogP contribution in [0.4, 0.5) is 4.39 Å². The number of nitrogens with zero attached hydrogens (tertiary/aromatic N) is 1. The lowest BCUT2D eigenvalue weighted by atomic mass is 9.73. The summed E-state index contributed by atoms with van der Waals surface area (Å²) in [5.74, 6) is -0.316. The monoisotopic (exact) mass is 453 g/mol. The van der Waals surface area contributed by atoms with Crippen LogP contribution in [-0.2, 0) is 11.2 Å². The average molecular weight is 454 g/mol. The molecule has 1 N–H and O–H groups in total. The lowest BCUT2D eigenvalue weighted by Gasteiger charge is -2.35. The van der Waals surface area contributed by atoms with Crippen molar-refractivity contribution in [2.45, 2.75) is 109 Å². The molecule has 0 bridgehead atoms. The second-order valence-electron chi connectivity index (χ2n) is 9.76. The molecule has 33 heavy (non-hydrogen) atoms. The molecule has 1 saturated carbocycles. The summed E-state index contributed by atoms with van der Waals surface area (Å²) in [6, 6.07) is 12.7. The van der Waals surface area contributed by atoms with E-state index in [-0.39, 0.29) is 6.42 Å². The van der Waals surface area contributed by atoms with Crippen molar-refractivity contribution in [1.82, 2.24) is 4.98 Å². The van der Waals surface area contributed by atoms with Crippen LogP contribution in [-0.4, -0.2) is 27.6 Å². The molecule has 0 saturated heterocycles. The van der Waals surface area contributed by atoms with Gasteiger partial charge in [0.1, 0.15) is 5.60 Å². The number of ketones is 1. The summed E-state index contributed by atoms with van der Waals surface area (Å²) in [4.78, 5) is 17.1. The van der Waals surface area contributed by atoms with Gasteiger partial charge in [0, 0.05) is 11.8 Å². The van der Waals surface area contributed by atoms with Gasteiger partial charge in [-0.15, -0.1) is 0 Å². The molecule has 1 aliphatic rings. The zero-order chi connectivity index (χ0) is 23.7. The third kappa shape index (κ3) is 6.96. The lowest BCUT2D eigenvalue weighted by molar-refractivity contribution is -0.146. The van der Waals surface area contributed by atoms with Crippen LogP contribution in [0.15, 0.2) is 42.6 Å². The van der Waals surface area contributed by atoms with E-state index in [9.17, 15) is 14.3 Å². The number of carbonyl (C=O) groups is 1. The van der Waals surface area contributed by atoms with Gasteiger partial charge in [0.15, 0.2) is 12.0 Å². The number of pyridine rings is 1. The van der Waals surface area contributed by atoms with Crippen LogP contribution < -0.4 is 0 Å². The van der Waals surface area contributed by atoms with Crippen LogP contribution in [0.25, 0.3) is 11.3 Å². The van der Waals surface area contributed by atoms with Crippen molar-refractivity contribution in [3.63, 3.8) is 0 Å². The summed E-state index contributed by atoms with van der Waals surface area (Å²) < 4.78 is 14.2. The Hall–Kier alpha value is -2.07. The van der Waals surface area contributed by atoms with Gasteiger partial charge in [-0.25, -0.2) is 4.39 Å². The largest absolute Gasteiger partial charge is 0.382 e. The molecule has 1 aliphatic carbocycles. The predicted octanol–water partition coefficient (Wildman–Crippen LogP) is 7.36. The van der Waals surface area contributed by atoms with E-state index in [1.54, 1.807) is 0 Å². The predicted molar refractivity (Wildman–Crippen MR) is 133 cm³/mol. The highest BCUT2D eigenvalue weighted by atomic mass is 19.1. The van der Waals surface area contributed by atoms with Crippen molar-refractivity contribution in [3.05, 3.63) is 53.7 Å². The standard InChI is InChI=1S/C29H40FNO2/c1-3-5-7-8-9-22-11-16-27(31-21-22)25-14-12-23(13-15-25)24-17-19-29(33,20-18-24)28(32)26(30)10-6-4-2/h11-16,21,24,26,33H,3-10,17-20H2,1-2H3/t24?,26-,29?/m0/s1. The number of carbonyl (C=O) groups excluding carboxylic acids is 1. The maximum atomic E-state index is 14.2. The van der Waals surface area contributed by atoms with Gasteiger partial charge < -0.3 is 5.11 Å². The van der Waals surface area contributed by atoms with Gasteiger partial charge in [-0.1, -0.05) is 76.3 Å². The normalized spacial score (nSPS) is 21.6. The number of alkyl halides is 1. The Morgan fingerprint density at radius 2 is 1.73 bits per heavy atom. The Kier molecular flexibility index (Phi) is 9.61. The third-order valence-electron chi connectivity index (χ3n) is 7.19. The number of rotatable bonds is 12. The molecular weight excluding hydrogens is 413 g/mol. The summed E-state index contributed by atoms with van der Waals surface area (Å²) in [6.45, 7) is 4.20. The first kappa shape index (κ1) is 25.6. The van der Waals surface area contributed by atoms with Crippen molar-refractivity contribution in [3.8, 4) is 11.3 Å². The fraction of sp³-hybridized carbons (Fsp3) is 0.586. The summed E-state index contributed by atoms with van der Waals surface area (Å²) >= 11 is 0. The Bertz CT molecular complexity index is 854. The minimum absolute atomic E-state index is 0.219. The van der Waals surface area contributed by atoms with Gasteiger partial charge in [-0.05, 0) is 68.1 Å². The van der Waals surface area contributed by atoms with E-state index in [0.717, 1.165) is 24.1 Å². The summed E-state index contributed by atoms with van der Waals surface area (Å²) in [5.41, 5.74) is 3.08. The topological polar surface area (TPSA) is 50.2 Å². The van der Waals surface area contributed by atoms with Crippen LogP contribution in [0.3, 0.4) is 0 Å². The molecule has 3 nitrogen and oxygen atoms in total. The quantitative estimate of drug-likeness (QED) is 0.342. The summed E-state index contributed by atoms with van der Waals surface area (Å²) in [6.07, 6.45) is 10.4. The third-order valence-corrected chi connectivity index (χ3v) is 7.19. The van der Waals surface area contributed by atoms with Gasteiger partial charge in [0.25, 0.3) is 0 Å². The molecule has 1 fully saturated rings. The van der Waals surface area contributed by atoms with Crippen molar-refractivity contribution in [2.24, 2.45) is 0 Å². The number of halogens is 1.